The average Bonchev–Trinajstić information content (AvgIpc) is 2.94. The van der Waals surface area contributed by atoms with Crippen LogP contribution in [0.1, 0.15) is 34.5 Å². The van der Waals surface area contributed by atoms with Crippen LogP contribution in [0.15, 0.2) is 42.5 Å². The number of fused-ring (bicyclic) bond motifs is 1. The summed E-state index contributed by atoms with van der Waals surface area (Å²) < 4.78 is 13.7. The lowest BCUT2D eigenvalue weighted by Gasteiger charge is -2.15. The molecule has 4 heteroatoms. The standard InChI is InChI=1S/C17H17FN2O/c1-11(14-4-2-3-5-15(14)18)20-17(21)13-6-7-16-12(10-13)8-9-19-16/h2-7,10-11,19H,8-9H2,1H3,(H,20,21). The normalized spacial score (nSPS) is 14.2. The predicted molar refractivity (Wildman–Crippen MR) is 80.9 cm³/mol. The molecule has 0 radical (unpaired) electrons. The van der Waals surface area contributed by atoms with Crippen molar-refractivity contribution in [1.82, 2.24) is 5.32 Å². The van der Waals surface area contributed by atoms with E-state index < -0.39 is 0 Å². The van der Waals surface area contributed by atoms with Crippen LogP contribution >= 0.6 is 0 Å². The Hall–Kier alpha value is -2.36. The Bertz CT molecular complexity index is 684. The Labute approximate surface area is 123 Å². The highest BCUT2D eigenvalue weighted by Crippen LogP contribution is 2.23. The van der Waals surface area contributed by atoms with Crippen LogP contribution in [0.25, 0.3) is 0 Å². The van der Waals surface area contributed by atoms with E-state index in [1.807, 2.05) is 12.1 Å². The minimum Gasteiger partial charge on any atom is -0.384 e. The van der Waals surface area contributed by atoms with E-state index in [0.29, 0.717) is 11.1 Å². The van der Waals surface area contributed by atoms with Crippen LogP contribution < -0.4 is 10.6 Å². The number of hydrogen-bond donors (Lipinski definition) is 2. The Morgan fingerprint density at radius 1 is 1.29 bits per heavy atom. The van der Waals surface area contributed by atoms with Crippen LogP contribution in [-0.4, -0.2) is 12.5 Å². The number of carbonyl (C=O) groups is 1. The third kappa shape index (κ3) is 2.75. The van der Waals surface area contributed by atoms with E-state index >= 15 is 0 Å². The molecule has 1 atom stereocenters. The van der Waals surface area contributed by atoms with Crippen LogP contribution in [0.3, 0.4) is 0 Å². The number of rotatable bonds is 3. The smallest absolute Gasteiger partial charge is 0.251 e. The van der Waals surface area contributed by atoms with Crippen molar-refractivity contribution in [3.8, 4) is 0 Å². The van der Waals surface area contributed by atoms with Gasteiger partial charge in [-0.05, 0) is 43.2 Å². The second-order valence-electron chi connectivity index (χ2n) is 5.27. The van der Waals surface area contributed by atoms with Crippen molar-refractivity contribution in [2.24, 2.45) is 0 Å². The maximum absolute atomic E-state index is 13.7. The van der Waals surface area contributed by atoms with Crippen molar-refractivity contribution in [3.63, 3.8) is 0 Å². The van der Waals surface area contributed by atoms with Gasteiger partial charge in [-0.2, -0.15) is 0 Å². The van der Waals surface area contributed by atoms with Gasteiger partial charge in [-0.15, -0.1) is 0 Å². The highest BCUT2D eigenvalue weighted by molar-refractivity contribution is 5.95. The van der Waals surface area contributed by atoms with E-state index in [-0.39, 0.29) is 17.8 Å². The lowest BCUT2D eigenvalue weighted by molar-refractivity contribution is 0.0939. The van der Waals surface area contributed by atoms with Crippen LogP contribution in [-0.2, 0) is 6.42 Å². The summed E-state index contributed by atoms with van der Waals surface area (Å²) in [5, 5.41) is 6.10. The fraction of sp³-hybridized carbons (Fsp3) is 0.235. The predicted octanol–water partition coefficient (Wildman–Crippen LogP) is 3.28. The van der Waals surface area contributed by atoms with Gasteiger partial charge in [-0.3, -0.25) is 4.79 Å². The van der Waals surface area contributed by atoms with Crippen molar-refractivity contribution in [2.45, 2.75) is 19.4 Å². The van der Waals surface area contributed by atoms with Gasteiger partial charge in [0.05, 0.1) is 6.04 Å². The van der Waals surface area contributed by atoms with Crippen molar-refractivity contribution in [1.29, 1.82) is 0 Å². The second-order valence-corrected chi connectivity index (χ2v) is 5.27. The molecule has 3 nitrogen and oxygen atoms in total. The summed E-state index contributed by atoms with van der Waals surface area (Å²) in [5.41, 5.74) is 3.35. The number of hydrogen-bond acceptors (Lipinski definition) is 2. The molecule has 0 bridgehead atoms. The largest absolute Gasteiger partial charge is 0.384 e. The zero-order valence-corrected chi connectivity index (χ0v) is 11.8. The molecule has 1 aliphatic heterocycles. The Morgan fingerprint density at radius 3 is 2.90 bits per heavy atom. The van der Waals surface area contributed by atoms with E-state index in [0.717, 1.165) is 24.2 Å². The minimum absolute atomic E-state index is 0.180. The van der Waals surface area contributed by atoms with E-state index in [1.54, 1.807) is 31.2 Å². The van der Waals surface area contributed by atoms with E-state index in [2.05, 4.69) is 10.6 Å². The molecular formula is C17H17FN2O. The van der Waals surface area contributed by atoms with Crippen LogP contribution in [0, 0.1) is 5.82 Å². The quantitative estimate of drug-likeness (QED) is 0.908. The summed E-state index contributed by atoms with van der Waals surface area (Å²) in [6, 6.07) is 11.7. The minimum atomic E-state index is -0.370. The van der Waals surface area contributed by atoms with Gasteiger partial charge in [-0.25, -0.2) is 4.39 Å². The average molecular weight is 284 g/mol. The molecule has 1 unspecified atom stereocenters. The third-order valence-corrected chi connectivity index (χ3v) is 3.80. The van der Waals surface area contributed by atoms with Gasteiger partial charge in [0.2, 0.25) is 0 Å². The number of anilines is 1. The first-order chi connectivity index (χ1) is 10.1. The van der Waals surface area contributed by atoms with E-state index in [1.165, 1.54) is 6.07 Å². The molecular weight excluding hydrogens is 267 g/mol. The Kier molecular flexibility index (Phi) is 3.60. The molecule has 0 fully saturated rings. The van der Waals surface area contributed by atoms with Crippen LogP contribution in [0.4, 0.5) is 10.1 Å². The second kappa shape index (κ2) is 5.56. The molecule has 0 saturated heterocycles. The van der Waals surface area contributed by atoms with Gasteiger partial charge in [0.25, 0.3) is 5.91 Å². The molecule has 108 valence electrons. The molecule has 1 amide bonds. The zero-order valence-electron chi connectivity index (χ0n) is 11.8. The van der Waals surface area contributed by atoms with Gasteiger partial charge in [0.15, 0.2) is 0 Å². The maximum Gasteiger partial charge on any atom is 0.251 e. The highest BCUT2D eigenvalue weighted by Gasteiger charge is 2.16. The molecule has 0 aliphatic carbocycles. The molecule has 2 aromatic rings. The molecule has 0 spiro atoms. The molecule has 2 aromatic carbocycles. The van der Waals surface area contributed by atoms with Crippen molar-refractivity contribution in [2.75, 3.05) is 11.9 Å². The summed E-state index contributed by atoms with van der Waals surface area (Å²) in [7, 11) is 0. The lowest BCUT2D eigenvalue weighted by Crippen LogP contribution is -2.27. The number of benzene rings is 2. The topological polar surface area (TPSA) is 41.1 Å². The van der Waals surface area contributed by atoms with E-state index in [9.17, 15) is 9.18 Å². The first-order valence-corrected chi connectivity index (χ1v) is 7.07. The number of halogens is 1. The van der Waals surface area contributed by atoms with Gasteiger partial charge < -0.3 is 10.6 Å². The monoisotopic (exact) mass is 284 g/mol. The molecule has 1 aliphatic rings. The number of nitrogens with one attached hydrogen (secondary N) is 2. The Morgan fingerprint density at radius 2 is 2.10 bits per heavy atom. The summed E-state index contributed by atoms with van der Waals surface area (Å²) in [5.74, 6) is -0.482. The first-order valence-electron chi connectivity index (χ1n) is 7.07. The van der Waals surface area contributed by atoms with E-state index in [4.69, 9.17) is 0 Å². The van der Waals surface area contributed by atoms with Crippen molar-refractivity contribution < 1.29 is 9.18 Å². The molecule has 0 aromatic heterocycles. The van der Waals surface area contributed by atoms with Gasteiger partial charge >= 0.3 is 0 Å². The van der Waals surface area contributed by atoms with Crippen molar-refractivity contribution in [3.05, 3.63) is 65.0 Å². The third-order valence-electron chi connectivity index (χ3n) is 3.80. The van der Waals surface area contributed by atoms with Gasteiger partial charge in [-0.1, -0.05) is 18.2 Å². The zero-order chi connectivity index (χ0) is 14.8. The van der Waals surface area contributed by atoms with Crippen molar-refractivity contribution >= 4 is 11.6 Å². The summed E-state index contributed by atoms with van der Waals surface area (Å²) in [6.45, 7) is 2.69. The molecule has 2 N–H and O–H groups in total. The van der Waals surface area contributed by atoms with Gasteiger partial charge in [0, 0.05) is 23.4 Å². The summed E-state index contributed by atoms with van der Waals surface area (Å²) >= 11 is 0. The summed E-state index contributed by atoms with van der Waals surface area (Å²) in [4.78, 5) is 12.3. The molecule has 3 rings (SSSR count). The van der Waals surface area contributed by atoms with Crippen LogP contribution in [0.2, 0.25) is 0 Å². The fourth-order valence-corrected chi connectivity index (χ4v) is 2.63. The fourth-order valence-electron chi connectivity index (χ4n) is 2.63. The molecule has 1 heterocycles. The number of carbonyl (C=O) groups excluding carboxylic acids is 1. The van der Waals surface area contributed by atoms with Crippen LogP contribution in [0.5, 0.6) is 0 Å². The Balaban J connectivity index is 1.76. The number of amides is 1. The van der Waals surface area contributed by atoms with Gasteiger partial charge in [0.1, 0.15) is 5.82 Å². The summed E-state index contributed by atoms with van der Waals surface area (Å²) in [6.07, 6.45) is 0.930. The molecule has 0 saturated carbocycles. The molecule has 21 heavy (non-hydrogen) atoms. The first kappa shape index (κ1) is 13.6. The lowest BCUT2D eigenvalue weighted by atomic mass is 10.1. The maximum atomic E-state index is 13.7. The highest BCUT2D eigenvalue weighted by atomic mass is 19.1. The SMILES string of the molecule is CC(NC(=O)c1ccc2c(c1)CCN2)c1ccccc1F.